The Labute approximate surface area is 132 Å². The predicted molar refractivity (Wildman–Crippen MR) is 86.0 cm³/mol. The summed E-state index contributed by atoms with van der Waals surface area (Å²) in [6, 6.07) is 6.48. The molecule has 1 aromatic carbocycles. The molecule has 0 aromatic heterocycles. The van der Waals surface area contributed by atoms with Crippen LogP contribution >= 0.6 is 0 Å². The Bertz CT molecular complexity index is 575. The van der Waals surface area contributed by atoms with Gasteiger partial charge in [0.05, 0.1) is 23.7 Å². The van der Waals surface area contributed by atoms with Gasteiger partial charge in [0.2, 0.25) is 10.0 Å². The van der Waals surface area contributed by atoms with Crippen molar-refractivity contribution < 1.29 is 18.3 Å². The summed E-state index contributed by atoms with van der Waals surface area (Å²) in [6.45, 7) is 6.47. The highest BCUT2D eigenvalue weighted by molar-refractivity contribution is 7.89. The standard InChI is InChI=1S/C15H26N2O4S/c1-11(2)21-10-14(18)9-17(4)12(3)13-6-5-7-15(8-13)22(16,19)20/h5-8,11-12,14,18H,9-10H2,1-4H3,(H2,16,19,20)/t12-,14+/m0/s1. The van der Waals surface area contributed by atoms with Crippen LogP contribution < -0.4 is 5.14 Å². The van der Waals surface area contributed by atoms with E-state index in [2.05, 4.69) is 0 Å². The molecule has 0 saturated heterocycles. The Hall–Kier alpha value is -0.990. The fraction of sp³-hybridized carbons (Fsp3) is 0.600. The third kappa shape index (κ3) is 6.02. The van der Waals surface area contributed by atoms with Crippen molar-refractivity contribution in [1.29, 1.82) is 0 Å². The SMILES string of the molecule is CC(C)OC[C@H](O)CN(C)[C@@H](C)c1cccc(S(N)(=O)=O)c1. The number of primary sulfonamides is 1. The van der Waals surface area contributed by atoms with Crippen LogP contribution in [0.1, 0.15) is 32.4 Å². The first-order valence-corrected chi connectivity index (χ1v) is 8.78. The predicted octanol–water partition coefficient (Wildman–Crippen LogP) is 1.11. The van der Waals surface area contributed by atoms with Crippen LogP contribution in [0.25, 0.3) is 0 Å². The number of nitrogens with two attached hydrogens (primary N) is 1. The highest BCUT2D eigenvalue weighted by atomic mass is 32.2. The van der Waals surface area contributed by atoms with Crippen LogP contribution in [0.15, 0.2) is 29.2 Å². The molecule has 0 radical (unpaired) electrons. The van der Waals surface area contributed by atoms with Crippen molar-refractivity contribution in [3.63, 3.8) is 0 Å². The topological polar surface area (TPSA) is 92.9 Å². The summed E-state index contributed by atoms with van der Waals surface area (Å²) < 4.78 is 28.2. The molecule has 0 aliphatic rings. The van der Waals surface area contributed by atoms with E-state index in [0.717, 1.165) is 5.56 Å². The van der Waals surface area contributed by atoms with Gasteiger partial charge in [-0.15, -0.1) is 0 Å². The van der Waals surface area contributed by atoms with Crippen molar-refractivity contribution in [1.82, 2.24) is 4.90 Å². The number of nitrogens with zero attached hydrogens (tertiary/aromatic N) is 1. The van der Waals surface area contributed by atoms with Crippen molar-refractivity contribution in [3.8, 4) is 0 Å². The minimum Gasteiger partial charge on any atom is -0.389 e. The molecule has 0 amide bonds. The number of hydrogen-bond donors (Lipinski definition) is 2. The molecular formula is C15H26N2O4S. The Morgan fingerprint density at radius 2 is 1.95 bits per heavy atom. The van der Waals surface area contributed by atoms with Gasteiger partial charge < -0.3 is 9.84 Å². The van der Waals surface area contributed by atoms with Gasteiger partial charge in [-0.3, -0.25) is 4.90 Å². The third-order valence-electron chi connectivity index (χ3n) is 3.45. The lowest BCUT2D eigenvalue weighted by molar-refractivity contribution is -0.00950. The van der Waals surface area contributed by atoms with E-state index in [9.17, 15) is 13.5 Å². The Balaban J connectivity index is 2.72. The molecule has 0 fully saturated rings. The lowest BCUT2D eigenvalue weighted by Crippen LogP contribution is -2.34. The molecule has 0 spiro atoms. The maximum atomic E-state index is 11.4. The maximum Gasteiger partial charge on any atom is 0.238 e. The van der Waals surface area contributed by atoms with Gasteiger partial charge in [-0.05, 0) is 45.5 Å². The molecule has 2 atom stereocenters. The van der Waals surface area contributed by atoms with Crippen molar-refractivity contribution in [3.05, 3.63) is 29.8 Å². The van der Waals surface area contributed by atoms with Crippen LogP contribution in [0.2, 0.25) is 0 Å². The van der Waals surface area contributed by atoms with E-state index in [1.54, 1.807) is 12.1 Å². The zero-order chi connectivity index (χ0) is 16.9. The summed E-state index contributed by atoms with van der Waals surface area (Å²) in [5.74, 6) is 0. The Kier molecular flexibility index (Phi) is 6.96. The quantitative estimate of drug-likeness (QED) is 0.745. The molecule has 3 N–H and O–H groups in total. The molecule has 22 heavy (non-hydrogen) atoms. The van der Waals surface area contributed by atoms with Gasteiger partial charge in [0, 0.05) is 12.6 Å². The van der Waals surface area contributed by atoms with E-state index in [-0.39, 0.29) is 23.6 Å². The molecule has 126 valence electrons. The Morgan fingerprint density at radius 3 is 2.50 bits per heavy atom. The number of ether oxygens (including phenoxy) is 1. The second-order valence-electron chi connectivity index (χ2n) is 5.77. The highest BCUT2D eigenvalue weighted by Crippen LogP contribution is 2.21. The first kappa shape index (κ1) is 19.1. The van der Waals surface area contributed by atoms with Crippen LogP contribution in [0.3, 0.4) is 0 Å². The van der Waals surface area contributed by atoms with E-state index < -0.39 is 16.1 Å². The van der Waals surface area contributed by atoms with Gasteiger partial charge in [-0.1, -0.05) is 12.1 Å². The largest absolute Gasteiger partial charge is 0.389 e. The lowest BCUT2D eigenvalue weighted by atomic mass is 10.1. The van der Waals surface area contributed by atoms with Crippen LogP contribution in [0.5, 0.6) is 0 Å². The molecular weight excluding hydrogens is 304 g/mol. The lowest BCUT2D eigenvalue weighted by Gasteiger charge is -2.27. The van der Waals surface area contributed by atoms with Gasteiger partial charge in [0.15, 0.2) is 0 Å². The smallest absolute Gasteiger partial charge is 0.238 e. The van der Waals surface area contributed by atoms with Crippen LogP contribution in [0.4, 0.5) is 0 Å². The van der Waals surface area contributed by atoms with Gasteiger partial charge in [-0.2, -0.15) is 0 Å². The molecule has 0 bridgehead atoms. The molecule has 6 nitrogen and oxygen atoms in total. The number of aliphatic hydroxyl groups excluding tert-OH is 1. The summed E-state index contributed by atoms with van der Waals surface area (Å²) in [7, 11) is -1.85. The van der Waals surface area contributed by atoms with Gasteiger partial charge >= 0.3 is 0 Å². The van der Waals surface area contributed by atoms with Crippen LogP contribution in [0, 0.1) is 0 Å². The molecule has 1 rings (SSSR count). The zero-order valence-corrected chi connectivity index (χ0v) is 14.4. The average Bonchev–Trinajstić information content (AvgIpc) is 2.43. The number of benzene rings is 1. The van der Waals surface area contributed by atoms with E-state index in [1.807, 2.05) is 38.8 Å². The Morgan fingerprint density at radius 1 is 1.32 bits per heavy atom. The minimum atomic E-state index is -3.71. The molecule has 7 heteroatoms. The van der Waals surface area contributed by atoms with E-state index >= 15 is 0 Å². The third-order valence-corrected chi connectivity index (χ3v) is 4.36. The second-order valence-corrected chi connectivity index (χ2v) is 7.33. The van der Waals surface area contributed by atoms with Gasteiger partial charge in [-0.25, -0.2) is 13.6 Å². The fourth-order valence-electron chi connectivity index (χ4n) is 2.05. The van der Waals surface area contributed by atoms with E-state index in [1.165, 1.54) is 6.07 Å². The van der Waals surface area contributed by atoms with Crippen molar-refractivity contribution in [2.45, 2.75) is 43.9 Å². The summed E-state index contributed by atoms with van der Waals surface area (Å²) in [5, 5.41) is 15.1. The summed E-state index contributed by atoms with van der Waals surface area (Å²) in [6.07, 6.45) is -0.528. The first-order valence-electron chi connectivity index (χ1n) is 7.24. The molecule has 1 aromatic rings. The van der Waals surface area contributed by atoms with Crippen molar-refractivity contribution >= 4 is 10.0 Å². The van der Waals surface area contributed by atoms with Crippen LogP contribution in [-0.2, 0) is 14.8 Å². The number of rotatable bonds is 8. The molecule has 0 heterocycles. The summed E-state index contributed by atoms with van der Waals surface area (Å²) in [5.41, 5.74) is 0.825. The van der Waals surface area contributed by atoms with E-state index in [0.29, 0.717) is 6.54 Å². The van der Waals surface area contributed by atoms with Crippen LogP contribution in [-0.4, -0.2) is 50.8 Å². The molecule has 0 aliphatic heterocycles. The number of aliphatic hydroxyl groups is 1. The fourth-order valence-corrected chi connectivity index (χ4v) is 2.62. The molecule has 0 saturated carbocycles. The zero-order valence-electron chi connectivity index (χ0n) is 13.6. The maximum absolute atomic E-state index is 11.4. The second kappa shape index (κ2) is 8.03. The summed E-state index contributed by atoms with van der Waals surface area (Å²) >= 11 is 0. The van der Waals surface area contributed by atoms with Gasteiger partial charge in [0.25, 0.3) is 0 Å². The number of likely N-dealkylation sites (N-methyl/N-ethyl adjacent to an activating group) is 1. The van der Waals surface area contributed by atoms with Gasteiger partial charge in [0.1, 0.15) is 0 Å². The number of hydrogen-bond acceptors (Lipinski definition) is 5. The monoisotopic (exact) mass is 330 g/mol. The number of sulfonamides is 1. The average molecular weight is 330 g/mol. The first-order chi connectivity index (χ1) is 10.1. The highest BCUT2D eigenvalue weighted by Gasteiger charge is 2.17. The van der Waals surface area contributed by atoms with Crippen molar-refractivity contribution in [2.75, 3.05) is 20.2 Å². The van der Waals surface area contributed by atoms with Crippen molar-refractivity contribution in [2.24, 2.45) is 5.14 Å². The molecule has 0 aliphatic carbocycles. The van der Waals surface area contributed by atoms with E-state index in [4.69, 9.17) is 9.88 Å². The summed E-state index contributed by atoms with van der Waals surface area (Å²) in [4.78, 5) is 2.03. The molecule has 0 unspecified atom stereocenters. The normalized spacial score (nSPS) is 15.3. The minimum absolute atomic E-state index is 0.0598.